The molecule has 2 atom stereocenters. The van der Waals surface area contributed by atoms with Crippen molar-refractivity contribution in [3.8, 4) is 0 Å². The maximum atomic E-state index is 13.1. The highest BCUT2D eigenvalue weighted by atomic mass is 16.6. The predicted molar refractivity (Wildman–Crippen MR) is 110 cm³/mol. The Morgan fingerprint density at radius 1 is 1.07 bits per heavy atom. The Kier molecular flexibility index (Phi) is 6.21. The average Bonchev–Trinajstić information content (AvgIpc) is 2.68. The van der Waals surface area contributed by atoms with Gasteiger partial charge in [-0.25, -0.2) is 0 Å². The number of carbonyl (C=O) groups is 2. The highest BCUT2D eigenvalue weighted by molar-refractivity contribution is 6.26. The van der Waals surface area contributed by atoms with Crippen LogP contribution in [0.1, 0.15) is 34.6 Å². The number of nitrogens with zero attached hydrogens (tertiary/aromatic N) is 2. The van der Waals surface area contributed by atoms with Crippen LogP contribution in [0.15, 0.2) is 30.3 Å². The fourth-order valence-electron chi connectivity index (χ4n) is 3.53. The van der Waals surface area contributed by atoms with E-state index in [4.69, 9.17) is 5.73 Å². The van der Waals surface area contributed by atoms with Gasteiger partial charge in [0.25, 0.3) is 17.5 Å². The number of nitro groups is 1. The summed E-state index contributed by atoms with van der Waals surface area (Å²) in [6, 6.07) is 7.30. The average molecular weight is 399 g/mol. The summed E-state index contributed by atoms with van der Waals surface area (Å²) in [5, 5.41) is 18.7. The summed E-state index contributed by atoms with van der Waals surface area (Å²) in [7, 11) is 0. The molecule has 1 aliphatic rings. The van der Waals surface area contributed by atoms with Crippen LogP contribution in [0.25, 0.3) is 10.8 Å². The van der Waals surface area contributed by atoms with Crippen molar-refractivity contribution in [2.45, 2.75) is 25.9 Å². The molecule has 0 aliphatic carbocycles. The van der Waals surface area contributed by atoms with E-state index in [-0.39, 0.29) is 23.2 Å². The molecule has 2 aromatic carbocycles. The normalized spacial score (nSPS) is 15.6. The van der Waals surface area contributed by atoms with Crippen LogP contribution >= 0.6 is 0 Å². The van der Waals surface area contributed by atoms with E-state index in [9.17, 15) is 19.7 Å². The molecule has 9 nitrogen and oxygen atoms in total. The number of nitrogens with one attached hydrogen (secondary N) is 2. The Bertz CT molecular complexity index is 959. The number of nitro benzene ring substituents is 1. The molecule has 3 rings (SSSR count). The standard InChI is InChI=1S/C20H25N5O4/c1-12(21)10-22-6-7-23-11-13(2)24-19(26)16-5-3-4-14-8-15(25(28)29)9-17(18(14)16)20(24)27/h3-5,8-9,12-13,22-23H,6-7,10-11,21H2,1-2H3. The van der Waals surface area contributed by atoms with Crippen LogP contribution in [-0.2, 0) is 0 Å². The molecule has 0 saturated carbocycles. The van der Waals surface area contributed by atoms with Gasteiger partial charge in [-0.3, -0.25) is 24.6 Å². The molecular formula is C20H25N5O4. The Labute approximate surface area is 168 Å². The van der Waals surface area contributed by atoms with Crippen LogP contribution in [0.3, 0.4) is 0 Å². The van der Waals surface area contributed by atoms with Gasteiger partial charge in [-0.1, -0.05) is 12.1 Å². The Balaban J connectivity index is 1.79. The number of hydrogen-bond donors (Lipinski definition) is 3. The second-order valence-corrected chi connectivity index (χ2v) is 7.37. The minimum atomic E-state index is -0.531. The van der Waals surface area contributed by atoms with E-state index < -0.39 is 16.9 Å². The molecule has 2 amide bonds. The fourth-order valence-corrected chi connectivity index (χ4v) is 3.53. The van der Waals surface area contributed by atoms with E-state index >= 15 is 0 Å². The van der Waals surface area contributed by atoms with Crippen molar-refractivity contribution < 1.29 is 14.5 Å². The molecule has 29 heavy (non-hydrogen) atoms. The molecule has 0 bridgehead atoms. The number of imide groups is 1. The third kappa shape index (κ3) is 4.26. The third-order valence-corrected chi connectivity index (χ3v) is 4.90. The Hall–Kier alpha value is -2.88. The van der Waals surface area contributed by atoms with E-state index in [0.717, 1.165) is 0 Å². The van der Waals surface area contributed by atoms with Gasteiger partial charge < -0.3 is 16.4 Å². The summed E-state index contributed by atoms with van der Waals surface area (Å²) >= 11 is 0. The number of carbonyl (C=O) groups excluding carboxylic acids is 2. The molecule has 2 aromatic rings. The van der Waals surface area contributed by atoms with Crippen molar-refractivity contribution in [1.29, 1.82) is 0 Å². The second kappa shape index (κ2) is 8.64. The lowest BCUT2D eigenvalue weighted by molar-refractivity contribution is -0.384. The lowest BCUT2D eigenvalue weighted by Crippen LogP contribution is -2.50. The molecule has 0 aromatic heterocycles. The van der Waals surface area contributed by atoms with Crippen LogP contribution in [-0.4, -0.2) is 59.9 Å². The maximum absolute atomic E-state index is 13.1. The summed E-state index contributed by atoms with van der Waals surface area (Å²) in [4.78, 5) is 38.0. The molecule has 4 N–H and O–H groups in total. The van der Waals surface area contributed by atoms with Gasteiger partial charge in [-0.05, 0) is 25.3 Å². The molecule has 9 heteroatoms. The van der Waals surface area contributed by atoms with Gasteiger partial charge in [0.15, 0.2) is 0 Å². The van der Waals surface area contributed by atoms with E-state index in [1.807, 2.05) is 6.92 Å². The lowest BCUT2D eigenvalue weighted by Gasteiger charge is -2.32. The monoisotopic (exact) mass is 399 g/mol. The number of non-ortho nitro benzene ring substituents is 1. The number of rotatable bonds is 9. The van der Waals surface area contributed by atoms with Crippen LogP contribution < -0.4 is 16.4 Å². The molecule has 154 valence electrons. The van der Waals surface area contributed by atoms with Crippen molar-refractivity contribution in [3.05, 3.63) is 51.6 Å². The van der Waals surface area contributed by atoms with Crippen LogP contribution in [0.5, 0.6) is 0 Å². The zero-order chi connectivity index (χ0) is 21.1. The second-order valence-electron chi connectivity index (χ2n) is 7.37. The molecule has 2 unspecified atom stereocenters. The van der Waals surface area contributed by atoms with Gasteiger partial charge in [-0.2, -0.15) is 0 Å². The highest BCUT2D eigenvalue weighted by Crippen LogP contribution is 2.34. The van der Waals surface area contributed by atoms with Crippen molar-refractivity contribution in [2.75, 3.05) is 26.2 Å². The lowest BCUT2D eigenvalue weighted by atomic mass is 9.92. The van der Waals surface area contributed by atoms with E-state index in [2.05, 4.69) is 10.6 Å². The fraction of sp³-hybridized carbons (Fsp3) is 0.400. The van der Waals surface area contributed by atoms with Gasteiger partial charge in [0.05, 0.1) is 10.5 Å². The van der Waals surface area contributed by atoms with Crippen molar-refractivity contribution in [1.82, 2.24) is 15.5 Å². The van der Waals surface area contributed by atoms with Gasteiger partial charge in [0.2, 0.25) is 0 Å². The van der Waals surface area contributed by atoms with E-state index in [1.54, 1.807) is 25.1 Å². The van der Waals surface area contributed by atoms with Crippen LogP contribution in [0, 0.1) is 10.1 Å². The number of amides is 2. The molecule has 1 heterocycles. The topological polar surface area (TPSA) is 131 Å². The minimum Gasteiger partial charge on any atom is -0.327 e. The van der Waals surface area contributed by atoms with Gasteiger partial charge >= 0.3 is 0 Å². The molecule has 0 fully saturated rings. The largest absolute Gasteiger partial charge is 0.327 e. The minimum absolute atomic E-state index is 0.0735. The first-order valence-electron chi connectivity index (χ1n) is 9.57. The summed E-state index contributed by atoms with van der Waals surface area (Å²) in [5.74, 6) is -0.891. The number of benzene rings is 2. The first-order chi connectivity index (χ1) is 13.8. The summed E-state index contributed by atoms with van der Waals surface area (Å²) in [6.07, 6.45) is 0. The zero-order valence-electron chi connectivity index (χ0n) is 16.5. The predicted octanol–water partition coefficient (Wildman–Crippen LogP) is 1.26. The highest BCUT2D eigenvalue weighted by Gasteiger charge is 2.36. The Morgan fingerprint density at radius 2 is 1.72 bits per heavy atom. The molecular weight excluding hydrogens is 374 g/mol. The SMILES string of the molecule is CC(N)CNCCNCC(C)N1C(=O)c2cccc3cc([N+](=O)[O-])cc(c23)C1=O. The van der Waals surface area contributed by atoms with Crippen molar-refractivity contribution in [2.24, 2.45) is 5.73 Å². The van der Waals surface area contributed by atoms with Crippen molar-refractivity contribution >= 4 is 28.3 Å². The molecule has 0 saturated heterocycles. The van der Waals surface area contributed by atoms with E-state index in [0.29, 0.717) is 42.5 Å². The van der Waals surface area contributed by atoms with Gasteiger partial charge in [0.1, 0.15) is 0 Å². The van der Waals surface area contributed by atoms with Crippen LogP contribution in [0.2, 0.25) is 0 Å². The summed E-state index contributed by atoms with van der Waals surface area (Å²) in [6.45, 7) is 6.19. The third-order valence-electron chi connectivity index (χ3n) is 4.90. The maximum Gasteiger partial charge on any atom is 0.270 e. The zero-order valence-corrected chi connectivity index (χ0v) is 16.5. The Morgan fingerprint density at radius 3 is 2.38 bits per heavy atom. The molecule has 0 spiro atoms. The van der Waals surface area contributed by atoms with E-state index in [1.165, 1.54) is 17.0 Å². The molecule has 0 radical (unpaired) electrons. The number of nitrogens with two attached hydrogens (primary N) is 1. The summed E-state index contributed by atoms with van der Waals surface area (Å²) in [5.41, 5.74) is 6.08. The van der Waals surface area contributed by atoms with Crippen molar-refractivity contribution in [3.63, 3.8) is 0 Å². The number of hydrogen-bond acceptors (Lipinski definition) is 7. The first-order valence-corrected chi connectivity index (χ1v) is 9.57. The quantitative estimate of drug-likeness (QED) is 0.250. The molecule has 1 aliphatic heterocycles. The smallest absolute Gasteiger partial charge is 0.270 e. The van der Waals surface area contributed by atoms with Crippen LogP contribution in [0.4, 0.5) is 5.69 Å². The summed E-state index contributed by atoms with van der Waals surface area (Å²) < 4.78 is 0. The van der Waals surface area contributed by atoms with Gasteiger partial charge in [-0.15, -0.1) is 0 Å². The van der Waals surface area contributed by atoms with Gasteiger partial charge in [0, 0.05) is 61.3 Å². The first kappa shape index (κ1) is 20.8.